The van der Waals surface area contributed by atoms with E-state index in [4.69, 9.17) is 4.74 Å². The highest BCUT2D eigenvalue weighted by molar-refractivity contribution is 5.56. The molecule has 1 aromatic heterocycles. The molecule has 1 N–H and O–H groups in total. The van der Waals surface area contributed by atoms with Crippen molar-refractivity contribution in [2.24, 2.45) is 0 Å². The van der Waals surface area contributed by atoms with Crippen LogP contribution in [0.3, 0.4) is 0 Å². The molecule has 4 nitrogen and oxygen atoms in total. The number of rotatable bonds is 3. The van der Waals surface area contributed by atoms with E-state index in [0.717, 1.165) is 25.2 Å². The molecule has 1 aliphatic heterocycles. The van der Waals surface area contributed by atoms with E-state index in [-0.39, 0.29) is 11.9 Å². The third-order valence-corrected chi connectivity index (χ3v) is 3.11. The number of nitrogens with zero attached hydrogens (tertiary/aromatic N) is 2. The molecule has 1 aliphatic rings. The number of hydrogen-bond acceptors (Lipinski definition) is 4. The summed E-state index contributed by atoms with van der Waals surface area (Å²) in [6, 6.07) is 6.52. The van der Waals surface area contributed by atoms with E-state index in [1.165, 1.54) is 12.3 Å². The highest BCUT2D eigenvalue weighted by Crippen LogP contribution is 2.31. The highest BCUT2D eigenvalue weighted by Gasteiger charge is 2.30. The number of ether oxygens (including phenoxy) is 1. The van der Waals surface area contributed by atoms with Crippen LogP contribution in [0, 0.1) is 0 Å². The van der Waals surface area contributed by atoms with Gasteiger partial charge in [0.2, 0.25) is 5.88 Å². The molecule has 7 heteroatoms. The molecular weight excluding hydrogens is 283 g/mol. The minimum atomic E-state index is -4.39. The summed E-state index contributed by atoms with van der Waals surface area (Å²) in [5, 5.41) is 3.06. The fourth-order valence-corrected chi connectivity index (χ4v) is 1.90. The Balaban J connectivity index is 1.87. The van der Waals surface area contributed by atoms with Crippen LogP contribution in [0.4, 0.5) is 13.2 Å². The number of halogens is 3. The van der Waals surface area contributed by atoms with E-state index in [1.807, 2.05) is 0 Å². The molecule has 21 heavy (non-hydrogen) atoms. The molecule has 110 valence electrons. The lowest BCUT2D eigenvalue weighted by Gasteiger charge is -2.27. The molecule has 2 aromatic rings. The standard InChI is InChI=1S/C14H12F3N3O/c15-14(16,17)10-3-1-2-9(6-10)13-19-5-4-12(20-13)21-11-7-18-8-11/h1-6,11,18H,7-8H2. The summed E-state index contributed by atoms with van der Waals surface area (Å²) >= 11 is 0. The van der Waals surface area contributed by atoms with Crippen LogP contribution in [0.2, 0.25) is 0 Å². The van der Waals surface area contributed by atoms with E-state index < -0.39 is 11.7 Å². The summed E-state index contributed by atoms with van der Waals surface area (Å²) in [6.45, 7) is 1.48. The second-order valence-electron chi connectivity index (χ2n) is 4.70. The smallest absolute Gasteiger partial charge is 0.416 e. The molecule has 0 amide bonds. The van der Waals surface area contributed by atoms with Gasteiger partial charge >= 0.3 is 6.18 Å². The maximum absolute atomic E-state index is 12.7. The first-order valence-electron chi connectivity index (χ1n) is 6.40. The summed E-state index contributed by atoms with van der Waals surface area (Å²) in [5.41, 5.74) is -0.417. The molecule has 0 spiro atoms. The minimum absolute atomic E-state index is 0.0502. The molecule has 1 aromatic carbocycles. The molecule has 0 radical (unpaired) electrons. The predicted molar refractivity (Wildman–Crippen MR) is 69.8 cm³/mol. The number of hydrogen-bond donors (Lipinski definition) is 1. The van der Waals surface area contributed by atoms with Crippen molar-refractivity contribution in [2.75, 3.05) is 13.1 Å². The van der Waals surface area contributed by atoms with Crippen LogP contribution in [-0.2, 0) is 6.18 Å². The maximum Gasteiger partial charge on any atom is 0.416 e. The van der Waals surface area contributed by atoms with Crippen LogP contribution in [0.5, 0.6) is 5.88 Å². The molecule has 0 unspecified atom stereocenters. The van der Waals surface area contributed by atoms with Gasteiger partial charge in [-0.15, -0.1) is 0 Å². The van der Waals surface area contributed by atoms with E-state index in [0.29, 0.717) is 11.4 Å². The average Bonchev–Trinajstić information content (AvgIpc) is 2.43. The van der Waals surface area contributed by atoms with Crippen LogP contribution in [0.15, 0.2) is 36.5 Å². The Bertz CT molecular complexity index is 641. The molecule has 0 bridgehead atoms. The van der Waals surface area contributed by atoms with Crippen molar-refractivity contribution in [3.05, 3.63) is 42.1 Å². The molecule has 3 rings (SSSR count). The lowest BCUT2D eigenvalue weighted by molar-refractivity contribution is -0.137. The molecular formula is C14H12F3N3O. The van der Waals surface area contributed by atoms with Crippen molar-refractivity contribution in [1.29, 1.82) is 0 Å². The third kappa shape index (κ3) is 3.13. The first-order valence-corrected chi connectivity index (χ1v) is 6.40. The second-order valence-corrected chi connectivity index (χ2v) is 4.70. The lowest BCUT2D eigenvalue weighted by Crippen LogP contribution is -2.50. The van der Waals surface area contributed by atoms with E-state index >= 15 is 0 Å². The molecule has 1 fully saturated rings. The van der Waals surface area contributed by atoms with Gasteiger partial charge in [0.25, 0.3) is 0 Å². The Morgan fingerprint density at radius 1 is 1.19 bits per heavy atom. The third-order valence-electron chi connectivity index (χ3n) is 3.11. The molecule has 2 heterocycles. The summed E-state index contributed by atoms with van der Waals surface area (Å²) < 4.78 is 43.7. The number of alkyl halides is 3. The van der Waals surface area contributed by atoms with Gasteiger partial charge in [0.05, 0.1) is 5.56 Å². The fourth-order valence-electron chi connectivity index (χ4n) is 1.90. The van der Waals surface area contributed by atoms with Crippen molar-refractivity contribution >= 4 is 0 Å². The van der Waals surface area contributed by atoms with Gasteiger partial charge in [-0.3, -0.25) is 0 Å². The number of benzene rings is 1. The summed E-state index contributed by atoms with van der Waals surface area (Å²) in [5.74, 6) is 0.579. The van der Waals surface area contributed by atoms with Gasteiger partial charge in [-0.2, -0.15) is 18.2 Å². The van der Waals surface area contributed by atoms with Gasteiger partial charge in [0, 0.05) is 30.9 Å². The van der Waals surface area contributed by atoms with Crippen molar-refractivity contribution < 1.29 is 17.9 Å². The fraction of sp³-hybridized carbons (Fsp3) is 0.286. The summed E-state index contributed by atoms with van der Waals surface area (Å²) in [7, 11) is 0. The number of nitrogens with one attached hydrogen (secondary N) is 1. The Morgan fingerprint density at radius 3 is 2.67 bits per heavy atom. The van der Waals surface area contributed by atoms with Crippen molar-refractivity contribution in [1.82, 2.24) is 15.3 Å². The van der Waals surface area contributed by atoms with Gasteiger partial charge in [-0.25, -0.2) is 4.98 Å². The van der Waals surface area contributed by atoms with E-state index in [1.54, 1.807) is 12.1 Å². The monoisotopic (exact) mass is 295 g/mol. The van der Waals surface area contributed by atoms with Gasteiger partial charge in [-0.05, 0) is 12.1 Å². The Morgan fingerprint density at radius 2 is 2.00 bits per heavy atom. The SMILES string of the molecule is FC(F)(F)c1cccc(-c2nccc(OC3CNC3)n2)c1. The number of aromatic nitrogens is 2. The van der Waals surface area contributed by atoms with Gasteiger partial charge < -0.3 is 10.1 Å². The maximum atomic E-state index is 12.7. The Kier molecular flexibility index (Phi) is 3.50. The zero-order valence-corrected chi connectivity index (χ0v) is 10.9. The molecule has 0 aliphatic carbocycles. The lowest BCUT2D eigenvalue weighted by atomic mass is 10.1. The van der Waals surface area contributed by atoms with Crippen LogP contribution in [0.1, 0.15) is 5.56 Å². The summed E-state index contributed by atoms with van der Waals surface area (Å²) in [4.78, 5) is 8.17. The van der Waals surface area contributed by atoms with Gasteiger partial charge in [0.15, 0.2) is 5.82 Å². The van der Waals surface area contributed by atoms with Gasteiger partial charge in [0.1, 0.15) is 6.10 Å². The molecule has 1 saturated heterocycles. The normalized spacial score (nSPS) is 15.6. The first-order chi connectivity index (χ1) is 10.0. The van der Waals surface area contributed by atoms with Crippen LogP contribution >= 0.6 is 0 Å². The van der Waals surface area contributed by atoms with Crippen LogP contribution in [-0.4, -0.2) is 29.2 Å². The topological polar surface area (TPSA) is 47.0 Å². The molecule has 0 saturated carbocycles. The summed E-state index contributed by atoms with van der Waals surface area (Å²) in [6.07, 6.45) is -2.86. The minimum Gasteiger partial charge on any atom is -0.472 e. The second kappa shape index (κ2) is 5.33. The molecule has 0 atom stereocenters. The zero-order chi connectivity index (χ0) is 14.9. The van der Waals surface area contributed by atoms with Crippen LogP contribution < -0.4 is 10.1 Å². The average molecular weight is 295 g/mol. The Hall–Kier alpha value is -2.15. The largest absolute Gasteiger partial charge is 0.472 e. The quantitative estimate of drug-likeness (QED) is 0.945. The van der Waals surface area contributed by atoms with Crippen molar-refractivity contribution in [3.8, 4) is 17.3 Å². The predicted octanol–water partition coefficient (Wildman–Crippen LogP) is 2.51. The van der Waals surface area contributed by atoms with E-state index in [2.05, 4.69) is 15.3 Å². The van der Waals surface area contributed by atoms with Gasteiger partial charge in [-0.1, -0.05) is 12.1 Å². The van der Waals surface area contributed by atoms with Crippen LogP contribution in [0.25, 0.3) is 11.4 Å². The van der Waals surface area contributed by atoms with E-state index in [9.17, 15) is 13.2 Å². The van der Waals surface area contributed by atoms with Crippen molar-refractivity contribution in [2.45, 2.75) is 12.3 Å². The highest BCUT2D eigenvalue weighted by atomic mass is 19.4. The van der Waals surface area contributed by atoms with Crippen molar-refractivity contribution in [3.63, 3.8) is 0 Å². The first kappa shape index (κ1) is 13.8. The Labute approximate surface area is 119 Å². The zero-order valence-electron chi connectivity index (χ0n) is 10.9.